The highest BCUT2D eigenvalue weighted by Gasteiger charge is 2.40. The van der Waals surface area contributed by atoms with Crippen LogP contribution in [0.15, 0.2) is 24.3 Å². The van der Waals surface area contributed by atoms with Gasteiger partial charge in [0.2, 0.25) is 5.91 Å². The quantitative estimate of drug-likeness (QED) is 0.854. The maximum Gasteiger partial charge on any atom is 0.251 e. The van der Waals surface area contributed by atoms with Crippen molar-refractivity contribution in [3.05, 3.63) is 35.4 Å². The molecular formula is C21H31N3O3. The molecule has 2 aliphatic rings. The standard InChI is InChI=1S/C21H31N3O3/c1-15-8-11-24(12-9-15)13-10-22-21(26)20-19(23(3)18(25)14-27-20)17-7-5-4-6-16(17)2/h4-7,15,19-20H,8-14H2,1-3H3,(H,22,26)/t19-,20+/m1/s1. The first kappa shape index (κ1) is 19.8. The molecule has 0 aromatic heterocycles. The molecule has 2 heterocycles. The zero-order chi connectivity index (χ0) is 19.4. The van der Waals surface area contributed by atoms with E-state index in [9.17, 15) is 9.59 Å². The van der Waals surface area contributed by atoms with Crippen molar-refractivity contribution in [2.24, 2.45) is 5.92 Å². The fourth-order valence-corrected chi connectivity index (χ4v) is 3.95. The third-order valence-corrected chi connectivity index (χ3v) is 5.85. The number of morpholine rings is 1. The number of amides is 2. The number of aryl methyl sites for hydroxylation is 1. The van der Waals surface area contributed by atoms with E-state index in [-0.39, 0.29) is 18.4 Å². The van der Waals surface area contributed by atoms with Gasteiger partial charge in [-0.05, 0) is 49.9 Å². The number of rotatable bonds is 5. The van der Waals surface area contributed by atoms with Gasteiger partial charge in [-0.3, -0.25) is 9.59 Å². The number of nitrogens with zero attached hydrogens (tertiary/aromatic N) is 2. The SMILES string of the molecule is Cc1ccccc1[C@@H]1[C@@H](C(=O)NCCN2CCC(C)CC2)OCC(=O)N1C. The molecule has 2 amide bonds. The van der Waals surface area contributed by atoms with Crippen molar-refractivity contribution >= 4 is 11.8 Å². The van der Waals surface area contributed by atoms with Gasteiger partial charge in [-0.15, -0.1) is 0 Å². The predicted molar refractivity (Wildman–Crippen MR) is 104 cm³/mol. The van der Waals surface area contributed by atoms with Crippen LogP contribution in [0, 0.1) is 12.8 Å². The van der Waals surface area contributed by atoms with Crippen LogP contribution in [0.1, 0.15) is 36.9 Å². The van der Waals surface area contributed by atoms with Crippen molar-refractivity contribution < 1.29 is 14.3 Å². The van der Waals surface area contributed by atoms with Gasteiger partial charge in [0.05, 0.1) is 6.04 Å². The first-order chi connectivity index (χ1) is 13.0. The van der Waals surface area contributed by atoms with E-state index in [1.54, 1.807) is 11.9 Å². The van der Waals surface area contributed by atoms with Crippen molar-refractivity contribution in [1.82, 2.24) is 15.1 Å². The van der Waals surface area contributed by atoms with Crippen LogP contribution in [0.5, 0.6) is 0 Å². The molecule has 2 aliphatic heterocycles. The number of carbonyl (C=O) groups excluding carboxylic acids is 2. The molecule has 27 heavy (non-hydrogen) atoms. The number of likely N-dealkylation sites (N-methyl/N-ethyl adjacent to an activating group) is 1. The molecule has 0 aliphatic carbocycles. The van der Waals surface area contributed by atoms with Crippen LogP contribution < -0.4 is 5.32 Å². The number of benzene rings is 1. The zero-order valence-electron chi connectivity index (χ0n) is 16.6. The summed E-state index contributed by atoms with van der Waals surface area (Å²) in [4.78, 5) is 29.1. The fourth-order valence-electron chi connectivity index (χ4n) is 3.95. The molecule has 0 bridgehead atoms. The normalized spacial score (nSPS) is 24.9. The molecule has 1 aromatic rings. The van der Waals surface area contributed by atoms with Crippen LogP contribution in [0.2, 0.25) is 0 Å². The number of carbonyl (C=O) groups is 2. The van der Waals surface area contributed by atoms with E-state index in [0.29, 0.717) is 6.54 Å². The van der Waals surface area contributed by atoms with Gasteiger partial charge in [0, 0.05) is 20.1 Å². The van der Waals surface area contributed by atoms with Crippen LogP contribution >= 0.6 is 0 Å². The van der Waals surface area contributed by atoms with Gasteiger partial charge in [0.1, 0.15) is 6.61 Å². The number of likely N-dealkylation sites (tertiary alicyclic amines) is 1. The summed E-state index contributed by atoms with van der Waals surface area (Å²) in [6.45, 7) is 7.89. The monoisotopic (exact) mass is 373 g/mol. The molecule has 1 N–H and O–H groups in total. The van der Waals surface area contributed by atoms with Crippen molar-refractivity contribution in [3.8, 4) is 0 Å². The Morgan fingerprint density at radius 2 is 1.96 bits per heavy atom. The summed E-state index contributed by atoms with van der Waals surface area (Å²) in [6.07, 6.45) is 1.76. The second-order valence-corrected chi connectivity index (χ2v) is 7.85. The molecule has 6 nitrogen and oxygen atoms in total. The first-order valence-electron chi connectivity index (χ1n) is 9.90. The molecule has 2 saturated heterocycles. The molecular weight excluding hydrogens is 342 g/mol. The average molecular weight is 373 g/mol. The molecule has 2 atom stereocenters. The lowest BCUT2D eigenvalue weighted by Gasteiger charge is -2.39. The van der Waals surface area contributed by atoms with Gasteiger partial charge in [0.25, 0.3) is 5.91 Å². The first-order valence-corrected chi connectivity index (χ1v) is 9.90. The minimum Gasteiger partial charge on any atom is -0.356 e. The van der Waals surface area contributed by atoms with Gasteiger partial charge in [-0.1, -0.05) is 31.2 Å². The Labute approximate surface area is 161 Å². The number of nitrogens with one attached hydrogen (secondary N) is 1. The number of hydrogen-bond donors (Lipinski definition) is 1. The molecule has 2 fully saturated rings. The molecule has 0 radical (unpaired) electrons. The zero-order valence-corrected chi connectivity index (χ0v) is 16.6. The van der Waals surface area contributed by atoms with E-state index in [2.05, 4.69) is 17.1 Å². The topological polar surface area (TPSA) is 61.9 Å². The lowest BCUT2D eigenvalue weighted by atomic mass is 9.94. The van der Waals surface area contributed by atoms with Crippen molar-refractivity contribution in [2.75, 3.05) is 39.8 Å². The highest BCUT2D eigenvalue weighted by atomic mass is 16.5. The Morgan fingerprint density at radius 1 is 1.26 bits per heavy atom. The fraction of sp³-hybridized carbons (Fsp3) is 0.619. The van der Waals surface area contributed by atoms with Crippen LogP contribution in [0.4, 0.5) is 0 Å². The summed E-state index contributed by atoms with van der Waals surface area (Å²) < 4.78 is 5.68. The average Bonchev–Trinajstić information content (AvgIpc) is 2.66. The summed E-state index contributed by atoms with van der Waals surface area (Å²) in [7, 11) is 1.75. The number of hydrogen-bond acceptors (Lipinski definition) is 4. The summed E-state index contributed by atoms with van der Waals surface area (Å²) in [5.41, 5.74) is 2.01. The third kappa shape index (κ3) is 4.68. The highest BCUT2D eigenvalue weighted by molar-refractivity contribution is 5.86. The molecule has 0 saturated carbocycles. The molecule has 148 valence electrons. The van der Waals surface area contributed by atoms with Gasteiger partial charge in [-0.25, -0.2) is 0 Å². The third-order valence-electron chi connectivity index (χ3n) is 5.85. The van der Waals surface area contributed by atoms with Gasteiger partial charge >= 0.3 is 0 Å². The largest absolute Gasteiger partial charge is 0.356 e. The summed E-state index contributed by atoms with van der Waals surface area (Å²) >= 11 is 0. The summed E-state index contributed by atoms with van der Waals surface area (Å²) in [5.74, 6) is 0.553. The minimum absolute atomic E-state index is 0.0546. The Hall–Kier alpha value is -1.92. The summed E-state index contributed by atoms with van der Waals surface area (Å²) in [5, 5.41) is 3.02. The molecule has 0 unspecified atom stereocenters. The number of piperidine rings is 1. The smallest absolute Gasteiger partial charge is 0.251 e. The highest BCUT2D eigenvalue weighted by Crippen LogP contribution is 2.31. The summed E-state index contributed by atoms with van der Waals surface area (Å²) in [6, 6.07) is 7.45. The second kappa shape index (κ2) is 8.85. The van der Waals surface area contributed by atoms with Gasteiger partial charge in [0.15, 0.2) is 6.10 Å². The van der Waals surface area contributed by atoms with Crippen molar-refractivity contribution in [2.45, 2.75) is 38.8 Å². The lowest BCUT2D eigenvalue weighted by Crippen LogP contribution is -2.53. The van der Waals surface area contributed by atoms with Gasteiger partial charge in [-0.2, -0.15) is 0 Å². The second-order valence-electron chi connectivity index (χ2n) is 7.85. The lowest BCUT2D eigenvalue weighted by molar-refractivity contribution is -0.162. The van der Waals surface area contributed by atoms with Crippen LogP contribution in [0.3, 0.4) is 0 Å². The minimum atomic E-state index is -0.685. The Balaban J connectivity index is 1.63. The Morgan fingerprint density at radius 3 is 2.67 bits per heavy atom. The predicted octanol–water partition coefficient (Wildman–Crippen LogP) is 1.74. The van der Waals surface area contributed by atoms with Crippen molar-refractivity contribution in [3.63, 3.8) is 0 Å². The molecule has 0 spiro atoms. The van der Waals surface area contributed by atoms with Crippen LogP contribution in [0.25, 0.3) is 0 Å². The molecule has 6 heteroatoms. The Kier molecular flexibility index (Phi) is 6.50. The van der Waals surface area contributed by atoms with Crippen LogP contribution in [-0.4, -0.2) is 67.6 Å². The van der Waals surface area contributed by atoms with E-state index in [4.69, 9.17) is 4.74 Å². The Bertz CT molecular complexity index is 670. The van der Waals surface area contributed by atoms with Crippen molar-refractivity contribution in [1.29, 1.82) is 0 Å². The van der Waals surface area contributed by atoms with Crippen LogP contribution in [-0.2, 0) is 14.3 Å². The van der Waals surface area contributed by atoms with E-state index in [1.807, 2.05) is 31.2 Å². The molecule has 3 rings (SSSR count). The maximum absolute atomic E-state index is 12.8. The maximum atomic E-state index is 12.8. The van der Waals surface area contributed by atoms with E-state index >= 15 is 0 Å². The van der Waals surface area contributed by atoms with E-state index < -0.39 is 12.1 Å². The van der Waals surface area contributed by atoms with Gasteiger partial charge < -0.3 is 19.9 Å². The number of ether oxygens (including phenoxy) is 1. The molecule has 1 aromatic carbocycles. The van der Waals surface area contributed by atoms with E-state index in [0.717, 1.165) is 36.7 Å². The van der Waals surface area contributed by atoms with E-state index in [1.165, 1.54) is 12.8 Å².